The van der Waals surface area contributed by atoms with Gasteiger partial charge in [0.1, 0.15) is 11.8 Å². The number of rotatable bonds is 3. The third kappa shape index (κ3) is 2.61. The number of benzene rings is 1. The maximum absolute atomic E-state index is 12.4. The Morgan fingerprint density at radius 1 is 1.29 bits per heavy atom. The Hall–Kier alpha value is -2.37. The first-order valence-electron chi connectivity index (χ1n) is 7.04. The van der Waals surface area contributed by atoms with E-state index in [9.17, 15) is 9.59 Å². The predicted octanol–water partition coefficient (Wildman–Crippen LogP) is 0.980. The first-order valence-corrected chi connectivity index (χ1v) is 7.04. The molecule has 0 aromatic heterocycles. The number of nitrogens with two attached hydrogens (primary N) is 1. The van der Waals surface area contributed by atoms with Crippen LogP contribution in [-0.2, 0) is 14.4 Å². The Labute approximate surface area is 122 Å². The van der Waals surface area contributed by atoms with Crippen LogP contribution in [0.3, 0.4) is 0 Å². The summed E-state index contributed by atoms with van der Waals surface area (Å²) in [5.74, 6) is -0.699. The van der Waals surface area contributed by atoms with Gasteiger partial charge in [-0.15, -0.1) is 0 Å². The molecule has 2 aliphatic rings. The topological polar surface area (TPSA) is 85.0 Å². The molecule has 2 amide bonds. The van der Waals surface area contributed by atoms with Gasteiger partial charge in [-0.2, -0.15) is 0 Å². The fourth-order valence-electron chi connectivity index (χ4n) is 2.82. The summed E-state index contributed by atoms with van der Waals surface area (Å²) in [5, 5.41) is 3.91. The molecule has 0 bridgehead atoms. The van der Waals surface area contributed by atoms with Gasteiger partial charge in [-0.25, -0.2) is 0 Å². The van der Waals surface area contributed by atoms with Crippen molar-refractivity contribution >= 4 is 17.5 Å². The van der Waals surface area contributed by atoms with Crippen LogP contribution in [0.5, 0.6) is 0 Å². The number of oxime groups is 1. The number of hydrogen-bond donors (Lipinski definition) is 1. The van der Waals surface area contributed by atoms with E-state index in [0.717, 1.165) is 12.0 Å². The molecule has 0 saturated carbocycles. The summed E-state index contributed by atoms with van der Waals surface area (Å²) in [7, 11) is 0. The molecule has 6 heteroatoms. The highest BCUT2D eigenvalue weighted by Crippen LogP contribution is 2.28. The van der Waals surface area contributed by atoms with E-state index in [0.29, 0.717) is 25.1 Å². The molecule has 0 unspecified atom stereocenters. The maximum Gasteiger partial charge on any atom is 0.272 e. The molecule has 1 aromatic carbocycles. The predicted molar refractivity (Wildman–Crippen MR) is 76.2 cm³/mol. The van der Waals surface area contributed by atoms with Gasteiger partial charge >= 0.3 is 0 Å². The van der Waals surface area contributed by atoms with Crippen molar-refractivity contribution in [3.63, 3.8) is 0 Å². The largest absolute Gasteiger partial charge is 0.387 e. The molecule has 6 nitrogen and oxygen atoms in total. The van der Waals surface area contributed by atoms with E-state index in [1.165, 1.54) is 4.90 Å². The highest BCUT2D eigenvalue weighted by Gasteiger charge is 2.37. The quantitative estimate of drug-likeness (QED) is 0.899. The van der Waals surface area contributed by atoms with Crippen LogP contribution in [0.1, 0.15) is 30.9 Å². The molecule has 21 heavy (non-hydrogen) atoms. The Balaban J connectivity index is 1.68. The normalized spacial score (nSPS) is 24.6. The van der Waals surface area contributed by atoms with E-state index in [1.54, 1.807) is 0 Å². The Morgan fingerprint density at radius 3 is 2.76 bits per heavy atom. The molecule has 2 heterocycles. The number of amides is 2. The molecule has 110 valence electrons. The minimum Gasteiger partial charge on any atom is -0.387 e. The second kappa shape index (κ2) is 5.55. The van der Waals surface area contributed by atoms with Crippen molar-refractivity contribution in [2.24, 2.45) is 10.9 Å². The monoisotopic (exact) mass is 287 g/mol. The van der Waals surface area contributed by atoms with E-state index >= 15 is 0 Å². The number of primary amides is 1. The molecule has 1 saturated heterocycles. The van der Waals surface area contributed by atoms with Crippen molar-refractivity contribution in [3.05, 3.63) is 35.9 Å². The molecule has 1 fully saturated rings. The van der Waals surface area contributed by atoms with Gasteiger partial charge in [-0.1, -0.05) is 35.5 Å². The second-order valence-electron chi connectivity index (χ2n) is 5.31. The van der Waals surface area contributed by atoms with Gasteiger partial charge in [0.05, 0.1) is 0 Å². The van der Waals surface area contributed by atoms with Gasteiger partial charge in [0, 0.05) is 13.0 Å². The number of nitrogens with zero attached hydrogens (tertiary/aromatic N) is 2. The lowest BCUT2D eigenvalue weighted by molar-refractivity contribution is -0.132. The molecule has 0 aliphatic carbocycles. The molecular weight excluding hydrogens is 270 g/mol. The maximum atomic E-state index is 12.4. The summed E-state index contributed by atoms with van der Waals surface area (Å²) in [6.45, 7) is 0.543. The third-order valence-corrected chi connectivity index (χ3v) is 3.93. The Morgan fingerprint density at radius 2 is 2.05 bits per heavy atom. The highest BCUT2D eigenvalue weighted by atomic mass is 16.6. The molecule has 2 N–H and O–H groups in total. The summed E-state index contributed by atoms with van der Waals surface area (Å²) in [6.07, 6.45) is 1.59. The van der Waals surface area contributed by atoms with E-state index in [1.807, 2.05) is 30.3 Å². The van der Waals surface area contributed by atoms with Crippen molar-refractivity contribution in [3.8, 4) is 0 Å². The summed E-state index contributed by atoms with van der Waals surface area (Å²) in [6, 6.07) is 9.12. The number of likely N-dealkylation sites (tertiary alicyclic amines) is 1. The summed E-state index contributed by atoms with van der Waals surface area (Å²) in [5.41, 5.74) is 6.68. The van der Waals surface area contributed by atoms with Gasteiger partial charge < -0.3 is 15.5 Å². The van der Waals surface area contributed by atoms with Crippen molar-refractivity contribution in [2.75, 3.05) is 6.54 Å². The SMILES string of the molecule is NC(=O)[C@H]1CCCN1C(=O)C1=NO[C@H](c2ccccc2)C1. The fourth-order valence-corrected chi connectivity index (χ4v) is 2.82. The lowest BCUT2D eigenvalue weighted by Crippen LogP contribution is -2.46. The van der Waals surface area contributed by atoms with E-state index in [2.05, 4.69) is 5.16 Å². The first kappa shape index (κ1) is 13.6. The average Bonchev–Trinajstić information content (AvgIpc) is 3.17. The van der Waals surface area contributed by atoms with Crippen LogP contribution in [0.4, 0.5) is 0 Å². The first-order chi connectivity index (χ1) is 10.2. The van der Waals surface area contributed by atoms with Crippen LogP contribution in [0.2, 0.25) is 0 Å². The Kier molecular flexibility index (Phi) is 3.60. The molecule has 2 atom stereocenters. The molecule has 3 rings (SSSR count). The zero-order valence-corrected chi connectivity index (χ0v) is 11.6. The van der Waals surface area contributed by atoms with Gasteiger partial charge in [0.15, 0.2) is 6.10 Å². The van der Waals surface area contributed by atoms with Gasteiger partial charge in [-0.3, -0.25) is 9.59 Å². The second-order valence-corrected chi connectivity index (χ2v) is 5.31. The molecular formula is C15H17N3O3. The smallest absolute Gasteiger partial charge is 0.272 e. The van der Waals surface area contributed by atoms with E-state index in [4.69, 9.17) is 10.6 Å². The minimum atomic E-state index is -0.518. The van der Waals surface area contributed by atoms with Crippen LogP contribution >= 0.6 is 0 Å². The molecule has 2 aliphatic heterocycles. The third-order valence-electron chi connectivity index (χ3n) is 3.93. The van der Waals surface area contributed by atoms with E-state index < -0.39 is 11.9 Å². The zero-order chi connectivity index (χ0) is 14.8. The molecule has 1 aromatic rings. The lowest BCUT2D eigenvalue weighted by Gasteiger charge is -2.21. The van der Waals surface area contributed by atoms with Gasteiger partial charge in [0.2, 0.25) is 5.91 Å². The fraction of sp³-hybridized carbons (Fsp3) is 0.400. The van der Waals surface area contributed by atoms with Crippen LogP contribution in [0.25, 0.3) is 0 Å². The van der Waals surface area contributed by atoms with Crippen molar-refractivity contribution in [2.45, 2.75) is 31.4 Å². The van der Waals surface area contributed by atoms with Gasteiger partial charge in [0.25, 0.3) is 5.91 Å². The van der Waals surface area contributed by atoms with Crippen molar-refractivity contribution in [1.29, 1.82) is 0 Å². The number of carbonyl (C=O) groups excluding carboxylic acids is 2. The molecule has 0 radical (unpaired) electrons. The minimum absolute atomic E-state index is 0.236. The number of hydrogen-bond acceptors (Lipinski definition) is 4. The summed E-state index contributed by atoms with van der Waals surface area (Å²) < 4.78 is 0. The van der Waals surface area contributed by atoms with Crippen LogP contribution in [0, 0.1) is 0 Å². The van der Waals surface area contributed by atoms with Crippen LogP contribution < -0.4 is 5.73 Å². The van der Waals surface area contributed by atoms with Crippen molar-refractivity contribution < 1.29 is 14.4 Å². The number of carbonyl (C=O) groups is 2. The van der Waals surface area contributed by atoms with Gasteiger partial charge in [-0.05, 0) is 18.4 Å². The average molecular weight is 287 g/mol. The molecule has 0 spiro atoms. The van der Waals surface area contributed by atoms with Crippen molar-refractivity contribution in [1.82, 2.24) is 4.90 Å². The zero-order valence-electron chi connectivity index (χ0n) is 11.6. The highest BCUT2D eigenvalue weighted by molar-refractivity contribution is 6.39. The summed E-state index contributed by atoms with van der Waals surface area (Å²) in [4.78, 5) is 30.7. The Bertz CT molecular complexity index is 585. The standard InChI is InChI=1S/C15H17N3O3/c16-14(19)12-7-4-8-18(12)15(20)11-9-13(21-17-11)10-5-2-1-3-6-10/h1-3,5-6,12-13H,4,7-9H2,(H2,16,19)/t12-,13+/m1/s1. The van der Waals surface area contributed by atoms with E-state index in [-0.39, 0.29) is 12.0 Å². The summed E-state index contributed by atoms with van der Waals surface area (Å²) >= 11 is 0. The van der Waals surface area contributed by atoms with Crippen LogP contribution in [-0.4, -0.2) is 35.0 Å². The van der Waals surface area contributed by atoms with Crippen LogP contribution in [0.15, 0.2) is 35.5 Å². The lowest BCUT2D eigenvalue weighted by atomic mass is 10.0.